The van der Waals surface area contributed by atoms with E-state index >= 15 is 0 Å². The average Bonchev–Trinajstić information content (AvgIpc) is 2.46. The van der Waals surface area contributed by atoms with Crippen LogP contribution in [0, 0.1) is 5.92 Å². The molecule has 0 aliphatic rings. The molecule has 0 fully saturated rings. The Morgan fingerprint density at radius 1 is 1.18 bits per heavy atom. The van der Waals surface area contributed by atoms with Crippen LogP contribution < -0.4 is 5.32 Å². The first-order valence-corrected chi connectivity index (χ1v) is 9.11. The summed E-state index contributed by atoms with van der Waals surface area (Å²) in [5, 5.41) is 2.90. The molecule has 0 aliphatic heterocycles. The quantitative estimate of drug-likeness (QED) is 0.830. The summed E-state index contributed by atoms with van der Waals surface area (Å²) in [4.78, 5) is 14.5. The molecule has 0 radical (unpaired) electrons. The van der Waals surface area contributed by atoms with Gasteiger partial charge in [-0.1, -0.05) is 20.8 Å². The number of hydrogen-bond donors (Lipinski definition) is 1. The predicted octanol–water partition coefficient (Wildman–Crippen LogP) is 1.80. The predicted molar refractivity (Wildman–Crippen MR) is 88.8 cm³/mol. The lowest BCUT2D eigenvalue weighted by Crippen LogP contribution is -2.43. The minimum absolute atomic E-state index is 0.0530. The molecular weight excluding hydrogens is 300 g/mol. The van der Waals surface area contributed by atoms with Crippen molar-refractivity contribution in [2.45, 2.75) is 31.7 Å². The van der Waals surface area contributed by atoms with Crippen molar-refractivity contribution in [2.24, 2.45) is 5.92 Å². The number of nitrogens with zero attached hydrogens (tertiary/aromatic N) is 1. The molecule has 1 rings (SSSR count). The van der Waals surface area contributed by atoms with Crippen LogP contribution in [-0.2, 0) is 9.84 Å². The summed E-state index contributed by atoms with van der Waals surface area (Å²) < 4.78 is 23.5. The zero-order valence-corrected chi connectivity index (χ0v) is 14.8. The van der Waals surface area contributed by atoms with Crippen molar-refractivity contribution in [2.75, 3.05) is 26.4 Å². The maximum absolute atomic E-state index is 12.1. The van der Waals surface area contributed by atoms with E-state index < -0.39 is 9.84 Å². The maximum atomic E-state index is 12.1. The number of nitrogens with one attached hydrogen (secondary N) is 1. The van der Waals surface area contributed by atoms with Crippen molar-refractivity contribution in [3.63, 3.8) is 0 Å². The third-order valence-corrected chi connectivity index (χ3v) is 5.51. The van der Waals surface area contributed by atoms with Gasteiger partial charge < -0.3 is 10.2 Å². The number of carbonyl (C=O) groups is 1. The molecule has 0 saturated carbocycles. The van der Waals surface area contributed by atoms with E-state index in [-0.39, 0.29) is 22.6 Å². The van der Waals surface area contributed by atoms with Gasteiger partial charge in [-0.2, -0.15) is 0 Å². The van der Waals surface area contributed by atoms with E-state index in [1.165, 1.54) is 12.1 Å². The van der Waals surface area contributed by atoms with Crippen molar-refractivity contribution in [1.82, 2.24) is 10.2 Å². The summed E-state index contributed by atoms with van der Waals surface area (Å²) in [6.07, 6.45) is 0. The van der Waals surface area contributed by atoms with Gasteiger partial charge in [-0.05, 0) is 44.3 Å². The van der Waals surface area contributed by atoms with Gasteiger partial charge >= 0.3 is 0 Å². The van der Waals surface area contributed by atoms with Gasteiger partial charge in [0.1, 0.15) is 0 Å². The highest BCUT2D eigenvalue weighted by atomic mass is 32.2. The zero-order chi connectivity index (χ0) is 16.9. The summed E-state index contributed by atoms with van der Waals surface area (Å²) in [7, 11) is 0.747. The van der Waals surface area contributed by atoms with Crippen LogP contribution in [0.5, 0.6) is 0 Å². The Bertz CT molecular complexity index is 584. The monoisotopic (exact) mass is 326 g/mol. The second-order valence-corrected chi connectivity index (χ2v) is 8.19. The molecule has 124 valence electrons. The number of carbonyl (C=O) groups excluding carboxylic acids is 1. The van der Waals surface area contributed by atoms with Crippen LogP contribution in [0.3, 0.4) is 0 Å². The van der Waals surface area contributed by atoms with Gasteiger partial charge in [0, 0.05) is 18.2 Å². The van der Waals surface area contributed by atoms with Gasteiger partial charge in [0.05, 0.1) is 10.6 Å². The summed E-state index contributed by atoms with van der Waals surface area (Å²) in [6, 6.07) is 6.33. The third-order valence-electron chi connectivity index (χ3n) is 3.76. The van der Waals surface area contributed by atoms with E-state index in [1.54, 1.807) is 19.1 Å². The Hall–Kier alpha value is -1.40. The summed E-state index contributed by atoms with van der Waals surface area (Å²) in [5.41, 5.74) is 0.469. The maximum Gasteiger partial charge on any atom is 0.251 e. The number of rotatable bonds is 7. The van der Waals surface area contributed by atoms with Crippen LogP contribution in [0.4, 0.5) is 0 Å². The van der Waals surface area contributed by atoms with Gasteiger partial charge in [-0.15, -0.1) is 0 Å². The Balaban J connectivity index is 2.75. The number of amides is 1. The third kappa shape index (κ3) is 4.81. The first kappa shape index (κ1) is 18.6. The highest BCUT2D eigenvalue weighted by Gasteiger charge is 2.17. The lowest BCUT2D eigenvalue weighted by molar-refractivity contribution is 0.0934. The van der Waals surface area contributed by atoms with Crippen molar-refractivity contribution in [3.05, 3.63) is 29.8 Å². The smallest absolute Gasteiger partial charge is 0.251 e. The highest BCUT2D eigenvalue weighted by molar-refractivity contribution is 7.91. The minimum atomic E-state index is -3.23. The minimum Gasteiger partial charge on any atom is -0.350 e. The van der Waals surface area contributed by atoms with Crippen LogP contribution in [0.1, 0.15) is 31.1 Å². The number of likely N-dealkylation sites (N-methyl/N-ethyl adjacent to an activating group) is 1. The molecule has 1 aromatic carbocycles. The molecule has 1 aromatic rings. The molecule has 1 amide bonds. The van der Waals surface area contributed by atoms with Crippen molar-refractivity contribution >= 4 is 15.7 Å². The van der Waals surface area contributed by atoms with E-state index in [0.29, 0.717) is 18.0 Å². The molecule has 0 heterocycles. The molecular formula is C16H26N2O3S. The van der Waals surface area contributed by atoms with Crippen molar-refractivity contribution < 1.29 is 13.2 Å². The molecule has 6 heteroatoms. The molecule has 0 saturated heterocycles. The largest absolute Gasteiger partial charge is 0.350 e. The van der Waals surface area contributed by atoms with E-state index in [4.69, 9.17) is 0 Å². The van der Waals surface area contributed by atoms with Crippen LogP contribution in [0.15, 0.2) is 29.2 Å². The fraction of sp³-hybridized carbons (Fsp3) is 0.562. The SMILES string of the molecule is CCS(=O)(=O)c1ccc(C(=O)NC[C@H](C(C)C)N(C)C)cc1. The number of benzene rings is 1. The van der Waals surface area contributed by atoms with E-state index in [2.05, 4.69) is 24.1 Å². The molecule has 0 aliphatic carbocycles. The zero-order valence-electron chi connectivity index (χ0n) is 14.0. The van der Waals surface area contributed by atoms with E-state index in [9.17, 15) is 13.2 Å². The second-order valence-electron chi connectivity index (χ2n) is 5.91. The van der Waals surface area contributed by atoms with Gasteiger partial charge in [0.25, 0.3) is 5.91 Å². The average molecular weight is 326 g/mol. The van der Waals surface area contributed by atoms with Crippen LogP contribution >= 0.6 is 0 Å². The van der Waals surface area contributed by atoms with Crippen LogP contribution in [0.2, 0.25) is 0 Å². The number of sulfone groups is 1. The molecule has 1 N–H and O–H groups in total. The summed E-state index contributed by atoms with van der Waals surface area (Å²) in [6.45, 7) is 6.38. The molecule has 5 nitrogen and oxygen atoms in total. The van der Waals surface area contributed by atoms with Gasteiger partial charge in [0.2, 0.25) is 0 Å². The summed E-state index contributed by atoms with van der Waals surface area (Å²) >= 11 is 0. The highest BCUT2D eigenvalue weighted by Crippen LogP contribution is 2.12. The molecule has 0 bridgehead atoms. The fourth-order valence-corrected chi connectivity index (χ4v) is 3.18. The van der Waals surface area contributed by atoms with Crippen LogP contribution in [-0.4, -0.2) is 51.7 Å². The van der Waals surface area contributed by atoms with Gasteiger partial charge in [-0.3, -0.25) is 4.79 Å². The van der Waals surface area contributed by atoms with Gasteiger partial charge in [-0.25, -0.2) is 8.42 Å². The molecule has 0 spiro atoms. The lowest BCUT2D eigenvalue weighted by Gasteiger charge is -2.28. The molecule has 0 aromatic heterocycles. The topological polar surface area (TPSA) is 66.5 Å². The van der Waals surface area contributed by atoms with E-state index in [1.807, 2.05) is 14.1 Å². The molecule has 0 unspecified atom stereocenters. The normalized spacial score (nSPS) is 13.4. The Morgan fingerprint density at radius 2 is 1.73 bits per heavy atom. The first-order chi connectivity index (χ1) is 10.2. The van der Waals surface area contributed by atoms with Gasteiger partial charge in [0.15, 0.2) is 9.84 Å². The fourth-order valence-electron chi connectivity index (χ4n) is 2.29. The Kier molecular flexibility index (Phi) is 6.56. The Labute approximate surface area is 133 Å². The van der Waals surface area contributed by atoms with Crippen molar-refractivity contribution in [1.29, 1.82) is 0 Å². The first-order valence-electron chi connectivity index (χ1n) is 7.46. The van der Waals surface area contributed by atoms with E-state index in [0.717, 1.165) is 0 Å². The lowest BCUT2D eigenvalue weighted by atomic mass is 10.0. The van der Waals surface area contributed by atoms with Crippen LogP contribution in [0.25, 0.3) is 0 Å². The van der Waals surface area contributed by atoms with Crippen molar-refractivity contribution in [3.8, 4) is 0 Å². The second kappa shape index (κ2) is 7.74. The standard InChI is InChI=1S/C16H26N2O3S/c1-6-22(20,21)14-9-7-13(8-10-14)16(19)17-11-15(12(2)3)18(4)5/h7-10,12,15H,6,11H2,1-5H3,(H,17,19)/t15-/m1/s1. The Morgan fingerprint density at radius 3 is 2.14 bits per heavy atom. The summed E-state index contributed by atoms with van der Waals surface area (Å²) in [5.74, 6) is 0.289. The molecule has 22 heavy (non-hydrogen) atoms. The number of hydrogen-bond acceptors (Lipinski definition) is 4. The molecule has 1 atom stereocenters.